The fraction of sp³-hybridized carbons (Fsp3) is 0.556. The third-order valence-electron chi connectivity index (χ3n) is 2.98. The van der Waals surface area contributed by atoms with E-state index < -0.39 is 0 Å². The highest BCUT2D eigenvalue weighted by Crippen LogP contribution is 2.26. The Balaban J connectivity index is 1.75. The highest BCUT2D eigenvalue weighted by Gasteiger charge is 2.45. The highest BCUT2D eigenvalue weighted by molar-refractivity contribution is 5.90. The molecule has 2 unspecified atom stereocenters. The van der Waals surface area contributed by atoms with Gasteiger partial charge < -0.3 is 14.6 Å². The average Bonchev–Trinajstić information content (AvgIpc) is 2.75. The molecule has 3 rings (SSSR count). The molecule has 3 heterocycles. The molecule has 2 atom stereocenters. The van der Waals surface area contributed by atoms with E-state index in [1.165, 1.54) is 12.5 Å². The Labute approximate surface area is 81.1 Å². The molecule has 2 fully saturated rings. The van der Waals surface area contributed by atoms with Crippen LogP contribution in [-0.2, 0) is 0 Å². The number of rotatable bonds is 1. The number of oxazole rings is 1. The van der Waals surface area contributed by atoms with Gasteiger partial charge in [0.1, 0.15) is 6.26 Å². The predicted octanol–water partition coefficient (Wildman–Crippen LogP) is -0.139. The van der Waals surface area contributed by atoms with Crippen molar-refractivity contribution in [2.75, 3.05) is 13.1 Å². The van der Waals surface area contributed by atoms with Gasteiger partial charge in [0.2, 0.25) is 0 Å². The van der Waals surface area contributed by atoms with E-state index in [0.717, 1.165) is 19.5 Å². The van der Waals surface area contributed by atoms with Crippen molar-refractivity contribution in [2.45, 2.75) is 18.5 Å². The molecule has 1 N–H and O–H groups in total. The summed E-state index contributed by atoms with van der Waals surface area (Å²) in [5, 5.41) is 3.34. The summed E-state index contributed by atoms with van der Waals surface area (Å²) in [7, 11) is 0. The lowest BCUT2D eigenvalue weighted by Gasteiger charge is -2.43. The minimum absolute atomic E-state index is 0.0834. The number of nitrogens with one attached hydrogen (secondary N) is 1. The van der Waals surface area contributed by atoms with Crippen molar-refractivity contribution in [3.05, 3.63) is 18.4 Å². The first-order valence-corrected chi connectivity index (χ1v) is 4.80. The summed E-state index contributed by atoms with van der Waals surface area (Å²) in [6.45, 7) is 1.79. The Hall–Kier alpha value is -1.36. The molecule has 74 valence electrons. The molecule has 5 heteroatoms. The van der Waals surface area contributed by atoms with E-state index in [0.29, 0.717) is 12.1 Å². The second-order valence-corrected chi connectivity index (χ2v) is 3.71. The van der Waals surface area contributed by atoms with Crippen molar-refractivity contribution in [2.24, 2.45) is 0 Å². The summed E-state index contributed by atoms with van der Waals surface area (Å²) < 4.78 is 4.98. The van der Waals surface area contributed by atoms with Gasteiger partial charge in [-0.15, -0.1) is 0 Å². The number of nitrogens with zero attached hydrogens (tertiary/aromatic N) is 2. The lowest BCUT2D eigenvalue weighted by Crippen LogP contribution is -2.62. The molecule has 2 saturated heterocycles. The quantitative estimate of drug-likeness (QED) is 0.674. The molecule has 2 aliphatic heterocycles. The third kappa shape index (κ3) is 0.988. The van der Waals surface area contributed by atoms with Gasteiger partial charge in [-0.05, 0) is 13.0 Å². The number of carbonyl (C=O) groups is 1. The van der Waals surface area contributed by atoms with Crippen molar-refractivity contribution in [3.8, 4) is 0 Å². The molecule has 1 aromatic rings. The molecule has 0 spiro atoms. The van der Waals surface area contributed by atoms with Crippen LogP contribution in [0.1, 0.15) is 17.1 Å². The topological polar surface area (TPSA) is 58.4 Å². The summed E-state index contributed by atoms with van der Waals surface area (Å²) >= 11 is 0. The molecule has 2 aliphatic rings. The number of aromatic nitrogens is 1. The standard InChI is InChI=1S/C9H11N3O2/c13-9(8-11-3-4-14-8)12-5-6-7(12)1-2-10-6/h3-4,6-7,10H,1-2,5H2. The lowest BCUT2D eigenvalue weighted by molar-refractivity contribution is 0.0371. The van der Waals surface area contributed by atoms with Crippen molar-refractivity contribution in [1.82, 2.24) is 15.2 Å². The van der Waals surface area contributed by atoms with Crippen LogP contribution in [0, 0.1) is 0 Å². The van der Waals surface area contributed by atoms with Crippen LogP contribution in [-0.4, -0.2) is 41.0 Å². The maximum Gasteiger partial charge on any atom is 0.310 e. The summed E-state index contributed by atoms with van der Waals surface area (Å²) in [5.41, 5.74) is 0. The van der Waals surface area contributed by atoms with Crippen LogP contribution in [0.2, 0.25) is 0 Å². The Morgan fingerprint density at radius 2 is 2.64 bits per heavy atom. The first kappa shape index (κ1) is 7.99. The second kappa shape index (κ2) is 2.81. The van der Waals surface area contributed by atoms with E-state index in [2.05, 4.69) is 10.3 Å². The van der Waals surface area contributed by atoms with Crippen LogP contribution in [0.3, 0.4) is 0 Å². The normalized spacial score (nSPS) is 29.9. The minimum atomic E-state index is -0.0834. The van der Waals surface area contributed by atoms with Crippen LogP contribution >= 0.6 is 0 Å². The summed E-state index contributed by atoms with van der Waals surface area (Å²) in [4.78, 5) is 17.5. The molecule has 0 aliphatic carbocycles. The maximum absolute atomic E-state index is 11.8. The van der Waals surface area contributed by atoms with Crippen LogP contribution in [0.4, 0.5) is 0 Å². The molecule has 0 aromatic carbocycles. The van der Waals surface area contributed by atoms with Crippen molar-refractivity contribution >= 4 is 5.91 Å². The van der Waals surface area contributed by atoms with Crippen molar-refractivity contribution < 1.29 is 9.21 Å². The van der Waals surface area contributed by atoms with Crippen molar-refractivity contribution in [1.29, 1.82) is 0 Å². The molecule has 5 nitrogen and oxygen atoms in total. The molecular weight excluding hydrogens is 182 g/mol. The molecule has 14 heavy (non-hydrogen) atoms. The summed E-state index contributed by atoms with van der Waals surface area (Å²) in [5.74, 6) is 0.121. The van der Waals surface area contributed by atoms with E-state index in [1.807, 2.05) is 4.90 Å². The predicted molar refractivity (Wildman–Crippen MR) is 47.7 cm³/mol. The van der Waals surface area contributed by atoms with Gasteiger partial charge in [0, 0.05) is 12.6 Å². The average molecular weight is 193 g/mol. The molecule has 1 amide bonds. The van der Waals surface area contributed by atoms with Crippen LogP contribution < -0.4 is 5.32 Å². The number of hydrogen-bond acceptors (Lipinski definition) is 4. The zero-order chi connectivity index (χ0) is 9.54. The van der Waals surface area contributed by atoms with Crippen molar-refractivity contribution in [3.63, 3.8) is 0 Å². The van der Waals surface area contributed by atoms with Gasteiger partial charge in [0.15, 0.2) is 0 Å². The first-order chi connectivity index (χ1) is 6.86. The van der Waals surface area contributed by atoms with Crippen LogP contribution in [0.15, 0.2) is 16.9 Å². The van der Waals surface area contributed by atoms with E-state index in [-0.39, 0.29) is 11.8 Å². The van der Waals surface area contributed by atoms with E-state index in [9.17, 15) is 4.79 Å². The third-order valence-corrected chi connectivity index (χ3v) is 2.98. The minimum Gasteiger partial charge on any atom is -0.441 e. The molecule has 0 bridgehead atoms. The monoisotopic (exact) mass is 193 g/mol. The van der Waals surface area contributed by atoms with Gasteiger partial charge in [0.25, 0.3) is 5.89 Å². The maximum atomic E-state index is 11.8. The van der Waals surface area contributed by atoms with Gasteiger partial charge in [-0.3, -0.25) is 4.79 Å². The molecule has 0 saturated carbocycles. The highest BCUT2D eigenvalue weighted by atomic mass is 16.4. The van der Waals surface area contributed by atoms with Gasteiger partial charge in [-0.25, -0.2) is 4.98 Å². The smallest absolute Gasteiger partial charge is 0.310 e. The fourth-order valence-electron chi connectivity index (χ4n) is 2.21. The second-order valence-electron chi connectivity index (χ2n) is 3.71. The lowest BCUT2D eigenvalue weighted by atomic mass is 9.98. The number of hydrogen-bond donors (Lipinski definition) is 1. The molecular formula is C9H11N3O2. The number of likely N-dealkylation sites (tertiary alicyclic amines) is 1. The summed E-state index contributed by atoms with van der Waals surface area (Å²) in [6, 6.07) is 0.850. The van der Waals surface area contributed by atoms with E-state index in [1.54, 1.807) is 0 Å². The van der Waals surface area contributed by atoms with Crippen LogP contribution in [0.5, 0.6) is 0 Å². The summed E-state index contributed by atoms with van der Waals surface area (Å²) in [6.07, 6.45) is 3.96. The fourth-order valence-corrected chi connectivity index (χ4v) is 2.21. The first-order valence-electron chi connectivity index (χ1n) is 4.80. The zero-order valence-corrected chi connectivity index (χ0v) is 7.64. The number of fused-ring (bicyclic) bond motifs is 1. The van der Waals surface area contributed by atoms with E-state index >= 15 is 0 Å². The Morgan fingerprint density at radius 1 is 1.71 bits per heavy atom. The van der Waals surface area contributed by atoms with Gasteiger partial charge in [0.05, 0.1) is 12.2 Å². The van der Waals surface area contributed by atoms with Gasteiger partial charge in [-0.1, -0.05) is 0 Å². The zero-order valence-electron chi connectivity index (χ0n) is 7.64. The largest absolute Gasteiger partial charge is 0.441 e. The van der Waals surface area contributed by atoms with Gasteiger partial charge in [-0.2, -0.15) is 0 Å². The number of amides is 1. The SMILES string of the molecule is O=C(c1ncco1)N1CC2NCCC21. The molecule has 0 radical (unpaired) electrons. The Kier molecular flexibility index (Phi) is 1.61. The van der Waals surface area contributed by atoms with E-state index in [4.69, 9.17) is 4.42 Å². The van der Waals surface area contributed by atoms with Gasteiger partial charge >= 0.3 is 5.91 Å². The Bertz CT molecular complexity index is 349. The Morgan fingerprint density at radius 3 is 3.36 bits per heavy atom. The molecule has 1 aromatic heterocycles. The number of carbonyl (C=O) groups excluding carboxylic acids is 1. The van der Waals surface area contributed by atoms with Crippen LogP contribution in [0.25, 0.3) is 0 Å².